The third-order valence-electron chi connectivity index (χ3n) is 1.73. The SMILES string of the molecule is NCCNC(=O)c1ccc(CN)nc1. The molecule has 0 radical (unpaired) electrons. The van der Waals surface area contributed by atoms with Crippen LogP contribution in [0.5, 0.6) is 0 Å². The van der Waals surface area contributed by atoms with Crippen LogP contribution in [0.3, 0.4) is 0 Å². The number of amides is 1. The Labute approximate surface area is 82.5 Å². The summed E-state index contributed by atoms with van der Waals surface area (Å²) in [6.07, 6.45) is 1.51. The van der Waals surface area contributed by atoms with Crippen LogP contribution in [0.4, 0.5) is 0 Å². The number of nitrogens with two attached hydrogens (primary N) is 2. The third kappa shape index (κ3) is 2.79. The average Bonchev–Trinajstić information content (AvgIpc) is 2.26. The number of hydrogen-bond acceptors (Lipinski definition) is 4. The Hall–Kier alpha value is -1.46. The Morgan fingerprint density at radius 1 is 1.43 bits per heavy atom. The molecule has 0 aliphatic heterocycles. The van der Waals surface area contributed by atoms with Crippen molar-refractivity contribution in [3.63, 3.8) is 0 Å². The summed E-state index contributed by atoms with van der Waals surface area (Å²) < 4.78 is 0. The van der Waals surface area contributed by atoms with Crippen LogP contribution in [0.25, 0.3) is 0 Å². The van der Waals surface area contributed by atoms with Crippen LogP contribution in [0.1, 0.15) is 16.1 Å². The van der Waals surface area contributed by atoms with Crippen LogP contribution in [-0.4, -0.2) is 24.0 Å². The van der Waals surface area contributed by atoms with Gasteiger partial charge >= 0.3 is 0 Å². The largest absolute Gasteiger partial charge is 0.351 e. The number of pyridine rings is 1. The molecule has 1 aromatic rings. The molecule has 0 aliphatic carbocycles. The van der Waals surface area contributed by atoms with Gasteiger partial charge in [0.25, 0.3) is 5.91 Å². The normalized spacial score (nSPS) is 9.86. The molecule has 5 nitrogen and oxygen atoms in total. The van der Waals surface area contributed by atoms with E-state index in [4.69, 9.17) is 11.5 Å². The summed E-state index contributed by atoms with van der Waals surface area (Å²) in [5.41, 5.74) is 11.9. The molecular formula is C9H14N4O. The zero-order valence-corrected chi connectivity index (χ0v) is 7.86. The van der Waals surface area contributed by atoms with Crippen molar-refractivity contribution >= 4 is 5.91 Å². The molecule has 1 heterocycles. The molecule has 5 heteroatoms. The highest BCUT2D eigenvalue weighted by atomic mass is 16.1. The molecule has 0 saturated heterocycles. The first-order valence-electron chi connectivity index (χ1n) is 4.41. The van der Waals surface area contributed by atoms with Gasteiger partial charge in [-0.15, -0.1) is 0 Å². The van der Waals surface area contributed by atoms with Gasteiger partial charge in [0.1, 0.15) is 0 Å². The highest BCUT2D eigenvalue weighted by molar-refractivity contribution is 5.93. The maximum Gasteiger partial charge on any atom is 0.252 e. The van der Waals surface area contributed by atoms with Crippen LogP contribution in [0.15, 0.2) is 18.3 Å². The lowest BCUT2D eigenvalue weighted by atomic mass is 10.2. The molecule has 0 bridgehead atoms. The molecule has 1 rings (SSSR count). The molecule has 0 aromatic carbocycles. The number of carbonyl (C=O) groups is 1. The first-order chi connectivity index (χ1) is 6.77. The molecule has 0 spiro atoms. The van der Waals surface area contributed by atoms with Gasteiger partial charge in [-0.1, -0.05) is 0 Å². The number of nitrogens with one attached hydrogen (secondary N) is 1. The van der Waals surface area contributed by atoms with E-state index in [0.29, 0.717) is 25.2 Å². The van der Waals surface area contributed by atoms with E-state index >= 15 is 0 Å². The van der Waals surface area contributed by atoms with Gasteiger partial charge < -0.3 is 16.8 Å². The van der Waals surface area contributed by atoms with E-state index in [0.717, 1.165) is 5.69 Å². The maximum atomic E-state index is 11.4. The topological polar surface area (TPSA) is 94.0 Å². The van der Waals surface area contributed by atoms with Gasteiger partial charge in [0.05, 0.1) is 11.3 Å². The van der Waals surface area contributed by atoms with Crippen molar-refractivity contribution in [2.45, 2.75) is 6.54 Å². The van der Waals surface area contributed by atoms with Gasteiger partial charge in [-0.2, -0.15) is 0 Å². The van der Waals surface area contributed by atoms with Crippen LogP contribution >= 0.6 is 0 Å². The van der Waals surface area contributed by atoms with Crippen molar-refractivity contribution in [3.05, 3.63) is 29.6 Å². The lowest BCUT2D eigenvalue weighted by Gasteiger charge is -2.03. The first-order valence-corrected chi connectivity index (χ1v) is 4.41. The monoisotopic (exact) mass is 194 g/mol. The predicted molar refractivity (Wildman–Crippen MR) is 53.5 cm³/mol. The van der Waals surface area contributed by atoms with Gasteiger partial charge in [-0.05, 0) is 12.1 Å². The van der Waals surface area contributed by atoms with Gasteiger partial charge in [-0.3, -0.25) is 9.78 Å². The van der Waals surface area contributed by atoms with Gasteiger partial charge in [0.2, 0.25) is 0 Å². The van der Waals surface area contributed by atoms with Crippen molar-refractivity contribution in [1.29, 1.82) is 0 Å². The molecule has 14 heavy (non-hydrogen) atoms. The molecule has 1 amide bonds. The fourth-order valence-corrected chi connectivity index (χ4v) is 0.967. The fourth-order valence-electron chi connectivity index (χ4n) is 0.967. The minimum absolute atomic E-state index is 0.161. The van der Waals surface area contributed by atoms with Gasteiger partial charge in [0.15, 0.2) is 0 Å². The Morgan fingerprint density at radius 3 is 2.71 bits per heavy atom. The molecule has 0 saturated carbocycles. The number of aromatic nitrogens is 1. The first kappa shape index (κ1) is 10.6. The van der Waals surface area contributed by atoms with Crippen molar-refractivity contribution < 1.29 is 4.79 Å². The Morgan fingerprint density at radius 2 is 2.21 bits per heavy atom. The van der Waals surface area contributed by atoms with Crippen LogP contribution in [0, 0.1) is 0 Å². The van der Waals surface area contributed by atoms with Crippen molar-refractivity contribution in [2.24, 2.45) is 11.5 Å². The summed E-state index contributed by atoms with van der Waals surface area (Å²) in [6, 6.07) is 3.43. The molecule has 5 N–H and O–H groups in total. The second-order valence-electron chi connectivity index (χ2n) is 2.79. The Bertz CT molecular complexity index is 296. The third-order valence-corrected chi connectivity index (χ3v) is 1.73. The highest BCUT2D eigenvalue weighted by Gasteiger charge is 2.03. The summed E-state index contributed by atoms with van der Waals surface area (Å²) in [6.45, 7) is 1.28. The zero-order chi connectivity index (χ0) is 10.4. The minimum atomic E-state index is -0.161. The molecule has 0 fully saturated rings. The Balaban J connectivity index is 2.62. The lowest BCUT2D eigenvalue weighted by Crippen LogP contribution is -2.29. The number of rotatable bonds is 4. The van der Waals surface area contributed by atoms with E-state index in [1.165, 1.54) is 6.20 Å². The predicted octanol–water partition coefficient (Wildman–Crippen LogP) is -0.771. The van der Waals surface area contributed by atoms with Crippen LogP contribution in [0.2, 0.25) is 0 Å². The van der Waals surface area contributed by atoms with E-state index in [-0.39, 0.29) is 5.91 Å². The molecular weight excluding hydrogens is 180 g/mol. The summed E-state index contributed by atoms with van der Waals surface area (Å²) in [5, 5.41) is 2.65. The number of carbonyl (C=O) groups excluding carboxylic acids is 1. The van der Waals surface area contributed by atoms with E-state index in [1.807, 2.05) is 0 Å². The van der Waals surface area contributed by atoms with Crippen LogP contribution in [-0.2, 0) is 6.54 Å². The van der Waals surface area contributed by atoms with E-state index in [2.05, 4.69) is 10.3 Å². The fraction of sp³-hybridized carbons (Fsp3) is 0.333. The highest BCUT2D eigenvalue weighted by Crippen LogP contribution is 1.99. The molecule has 0 unspecified atom stereocenters. The molecule has 1 aromatic heterocycles. The molecule has 76 valence electrons. The number of hydrogen-bond donors (Lipinski definition) is 3. The summed E-state index contributed by atoms with van der Waals surface area (Å²) in [5.74, 6) is -0.161. The van der Waals surface area contributed by atoms with Crippen molar-refractivity contribution in [3.8, 4) is 0 Å². The number of nitrogens with zero attached hydrogens (tertiary/aromatic N) is 1. The van der Waals surface area contributed by atoms with Gasteiger partial charge in [-0.25, -0.2) is 0 Å². The molecule has 0 aliphatic rings. The minimum Gasteiger partial charge on any atom is -0.351 e. The quantitative estimate of drug-likeness (QED) is 0.586. The van der Waals surface area contributed by atoms with E-state index in [9.17, 15) is 4.79 Å². The lowest BCUT2D eigenvalue weighted by molar-refractivity contribution is 0.0954. The van der Waals surface area contributed by atoms with Crippen molar-refractivity contribution in [1.82, 2.24) is 10.3 Å². The van der Waals surface area contributed by atoms with E-state index < -0.39 is 0 Å². The molecule has 0 atom stereocenters. The summed E-state index contributed by atoms with van der Waals surface area (Å²) in [7, 11) is 0. The Kier molecular flexibility index (Phi) is 4.03. The second-order valence-corrected chi connectivity index (χ2v) is 2.79. The standard InChI is InChI=1S/C9H14N4O/c10-3-4-12-9(14)7-1-2-8(5-11)13-6-7/h1-2,6H,3-5,10-11H2,(H,12,14). The maximum absolute atomic E-state index is 11.4. The smallest absolute Gasteiger partial charge is 0.252 e. The van der Waals surface area contributed by atoms with E-state index in [1.54, 1.807) is 12.1 Å². The van der Waals surface area contributed by atoms with Gasteiger partial charge in [0, 0.05) is 25.8 Å². The average molecular weight is 194 g/mol. The summed E-state index contributed by atoms with van der Waals surface area (Å²) in [4.78, 5) is 15.4. The second kappa shape index (κ2) is 5.31. The zero-order valence-electron chi connectivity index (χ0n) is 7.86. The van der Waals surface area contributed by atoms with Crippen LogP contribution < -0.4 is 16.8 Å². The van der Waals surface area contributed by atoms with Crippen molar-refractivity contribution in [2.75, 3.05) is 13.1 Å². The summed E-state index contributed by atoms with van der Waals surface area (Å²) >= 11 is 0.